The molecule has 6 rings (SSSR count). The summed E-state index contributed by atoms with van der Waals surface area (Å²) < 4.78 is 30.8. The van der Waals surface area contributed by atoms with Crippen LogP contribution in [0.5, 0.6) is 23.1 Å². The van der Waals surface area contributed by atoms with E-state index in [2.05, 4.69) is 53.2 Å². The van der Waals surface area contributed by atoms with Gasteiger partial charge in [0.15, 0.2) is 5.75 Å². The number of rotatable bonds is 13. The average molecular weight is 734 g/mol. The van der Waals surface area contributed by atoms with Gasteiger partial charge in [-0.3, -0.25) is 9.69 Å². The van der Waals surface area contributed by atoms with Crippen molar-refractivity contribution in [2.75, 3.05) is 32.8 Å². The molecule has 1 aliphatic heterocycles. The van der Waals surface area contributed by atoms with E-state index in [-0.39, 0.29) is 11.7 Å². The molecular weight excluding hydrogens is 689 g/mol. The van der Waals surface area contributed by atoms with E-state index in [4.69, 9.17) is 25.8 Å². The molecule has 53 heavy (non-hydrogen) atoms. The van der Waals surface area contributed by atoms with Crippen molar-refractivity contribution in [3.63, 3.8) is 0 Å². The Balaban J connectivity index is 0.979. The number of nitrogens with zero attached hydrogens (tertiary/aromatic N) is 3. The third kappa shape index (κ3) is 10.2. The van der Waals surface area contributed by atoms with Crippen molar-refractivity contribution in [1.29, 1.82) is 0 Å². The summed E-state index contributed by atoms with van der Waals surface area (Å²) in [5.41, 5.74) is 8.01. The molecule has 1 aromatic heterocycles. The van der Waals surface area contributed by atoms with Crippen LogP contribution in [0.2, 0.25) is 5.02 Å². The Hall–Kier alpha value is -5.18. The van der Waals surface area contributed by atoms with Crippen molar-refractivity contribution < 1.29 is 23.4 Å². The molecule has 7 nitrogen and oxygen atoms in total. The normalized spacial score (nSPS) is 13.7. The number of piperazine rings is 1. The molecule has 0 N–H and O–H groups in total. The predicted octanol–water partition coefficient (Wildman–Crippen LogP) is 9.62. The zero-order chi connectivity index (χ0) is 37.3. The van der Waals surface area contributed by atoms with Gasteiger partial charge < -0.3 is 19.1 Å². The van der Waals surface area contributed by atoms with Gasteiger partial charge in [0.2, 0.25) is 11.8 Å². The first kappa shape index (κ1) is 37.6. The first-order chi connectivity index (χ1) is 25.6. The third-order valence-corrected chi connectivity index (χ3v) is 9.83. The zero-order valence-corrected chi connectivity index (χ0v) is 31.5. The van der Waals surface area contributed by atoms with Crippen LogP contribution >= 0.6 is 11.6 Å². The molecule has 0 atom stereocenters. The lowest BCUT2D eigenvalue weighted by Crippen LogP contribution is -2.48. The fourth-order valence-corrected chi connectivity index (χ4v) is 6.46. The van der Waals surface area contributed by atoms with Crippen LogP contribution in [-0.2, 0) is 24.4 Å². The van der Waals surface area contributed by atoms with Crippen LogP contribution in [0.3, 0.4) is 0 Å². The van der Waals surface area contributed by atoms with Gasteiger partial charge in [-0.2, -0.15) is 0 Å². The number of amides is 1. The number of allylic oxidation sites excluding steroid dienone is 1. The van der Waals surface area contributed by atoms with Gasteiger partial charge >= 0.3 is 0 Å². The first-order valence-electron chi connectivity index (χ1n) is 17.9. The summed E-state index contributed by atoms with van der Waals surface area (Å²) in [6, 6.07) is 30.3. The molecule has 1 saturated heterocycles. The van der Waals surface area contributed by atoms with Gasteiger partial charge in [0, 0.05) is 50.8 Å². The van der Waals surface area contributed by atoms with Crippen molar-refractivity contribution in [3.05, 3.63) is 153 Å². The third-order valence-electron chi connectivity index (χ3n) is 9.55. The van der Waals surface area contributed by atoms with Crippen LogP contribution in [0.15, 0.2) is 109 Å². The molecule has 274 valence electrons. The minimum Gasteiger partial charge on any atom is -0.493 e. The highest BCUT2D eigenvalue weighted by atomic mass is 35.5. The van der Waals surface area contributed by atoms with Crippen molar-refractivity contribution >= 4 is 23.1 Å². The number of carbonyl (C=O) groups is 1. The summed E-state index contributed by atoms with van der Waals surface area (Å²) in [6.07, 6.45) is 2.41. The van der Waals surface area contributed by atoms with Crippen molar-refractivity contribution in [1.82, 2.24) is 14.8 Å². The molecular formula is C44H45ClFN3O4. The molecule has 1 fully saturated rings. The second-order valence-electron chi connectivity index (χ2n) is 13.5. The number of ether oxygens (including phenoxy) is 3. The van der Waals surface area contributed by atoms with Crippen LogP contribution in [0, 0.1) is 19.7 Å². The molecule has 0 aliphatic carbocycles. The van der Waals surface area contributed by atoms with E-state index in [0.717, 1.165) is 48.3 Å². The average Bonchev–Trinajstić information content (AvgIpc) is 3.17. The zero-order valence-electron chi connectivity index (χ0n) is 30.7. The number of aryl methyl sites for hydroxylation is 2. The molecule has 5 aromatic rings. The maximum absolute atomic E-state index is 13.6. The molecule has 0 spiro atoms. The minimum atomic E-state index is -0.272. The van der Waals surface area contributed by atoms with Gasteiger partial charge in [0.1, 0.15) is 23.9 Å². The van der Waals surface area contributed by atoms with Crippen molar-refractivity contribution in [2.45, 2.75) is 47.3 Å². The van der Waals surface area contributed by atoms with Gasteiger partial charge in [-0.15, -0.1) is 0 Å². The maximum atomic E-state index is 13.6. The molecule has 0 saturated carbocycles. The van der Waals surface area contributed by atoms with Crippen LogP contribution in [0.1, 0.15) is 47.2 Å². The summed E-state index contributed by atoms with van der Waals surface area (Å²) in [4.78, 5) is 22.3. The highest BCUT2D eigenvalue weighted by Gasteiger charge is 2.24. The van der Waals surface area contributed by atoms with Gasteiger partial charge in [-0.05, 0) is 104 Å². The minimum absolute atomic E-state index is 0.0392. The van der Waals surface area contributed by atoms with E-state index < -0.39 is 0 Å². The molecule has 0 radical (unpaired) electrons. The van der Waals surface area contributed by atoms with E-state index in [1.165, 1.54) is 28.8 Å². The van der Waals surface area contributed by atoms with E-state index in [9.17, 15) is 9.18 Å². The van der Waals surface area contributed by atoms with Gasteiger partial charge in [0.05, 0.1) is 17.8 Å². The molecule has 0 bridgehead atoms. The standard InChI is InChI=1S/C44H45ClFN3O4/c1-30-5-7-36(8-6-30)29-52-40-17-18-42(47-27-40)53-43-31(2)25-37(26-41(43)45)32(3)33(4)44(50)49-22-20-48(21-23-49)28-35-11-9-34(10-12-35)19-24-51-39-15-13-38(46)14-16-39/h5-18,25-27H,19-24,28-29H2,1-4H3/b33-32+. The fourth-order valence-electron chi connectivity index (χ4n) is 6.15. The Morgan fingerprint density at radius 2 is 1.45 bits per heavy atom. The van der Waals surface area contributed by atoms with Crippen molar-refractivity contribution in [2.24, 2.45) is 0 Å². The van der Waals surface area contributed by atoms with Crippen LogP contribution in [0.4, 0.5) is 4.39 Å². The molecule has 0 unspecified atom stereocenters. The van der Waals surface area contributed by atoms with Crippen LogP contribution < -0.4 is 14.2 Å². The van der Waals surface area contributed by atoms with Gasteiger partial charge in [0.25, 0.3) is 0 Å². The summed E-state index contributed by atoms with van der Waals surface area (Å²) >= 11 is 6.75. The summed E-state index contributed by atoms with van der Waals surface area (Å²) in [7, 11) is 0. The topological polar surface area (TPSA) is 64.1 Å². The summed E-state index contributed by atoms with van der Waals surface area (Å²) in [5.74, 6) is 2.01. The second-order valence-corrected chi connectivity index (χ2v) is 13.9. The van der Waals surface area contributed by atoms with E-state index in [0.29, 0.717) is 60.0 Å². The van der Waals surface area contributed by atoms with Crippen LogP contribution in [0.25, 0.3) is 5.57 Å². The number of halogens is 2. The number of hydrogen-bond donors (Lipinski definition) is 0. The molecule has 4 aromatic carbocycles. The summed E-state index contributed by atoms with van der Waals surface area (Å²) in [5, 5.41) is 0.445. The highest BCUT2D eigenvalue weighted by Crippen LogP contribution is 2.36. The molecule has 1 amide bonds. The lowest BCUT2D eigenvalue weighted by molar-refractivity contribution is -0.128. The quantitative estimate of drug-likeness (QED) is 0.112. The van der Waals surface area contributed by atoms with E-state index >= 15 is 0 Å². The SMILES string of the molecule is C/C(C(=O)N1CCN(Cc2ccc(CCOc3ccc(F)cc3)cc2)CC1)=C(/C)c1cc(C)c(Oc2ccc(OCc3ccc(C)cc3)cn2)c(Cl)c1. The number of pyridine rings is 1. The maximum Gasteiger partial charge on any atom is 0.249 e. The fraction of sp³-hybridized carbons (Fsp3) is 0.273. The smallest absolute Gasteiger partial charge is 0.249 e. The second kappa shape index (κ2) is 17.6. The lowest BCUT2D eigenvalue weighted by Gasteiger charge is -2.35. The Morgan fingerprint density at radius 1 is 0.792 bits per heavy atom. The number of carbonyl (C=O) groups excluding carboxylic acids is 1. The first-order valence-corrected chi connectivity index (χ1v) is 18.3. The number of benzene rings is 4. The largest absolute Gasteiger partial charge is 0.493 e. The van der Waals surface area contributed by atoms with Crippen LogP contribution in [-0.4, -0.2) is 53.5 Å². The van der Waals surface area contributed by atoms with Gasteiger partial charge in [-0.1, -0.05) is 65.7 Å². The lowest BCUT2D eigenvalue weighted by atomic mass is 9.99. The number of aromatic nitrogens is 1. The Labute approximate surface area is 316 Å². The van der Waals surface area contributed by atoms with Crippen molar-refractivity contribution in [3.8, 4) is 23.1 Å². The Bertz CT molecular complexity index is 2000. The highest BCUT2D eigenvalue weighted by molar-refractivity contribution is 6.32. The van der Waals surface area contributed by atoms with Gasteiger partial charge in [-0.25, -0.2) is 9.37 Å². The summed E-state index contributed by atoms with van der Waals surface area (Å²) in [6.45, 7) is 12.6. The van der Waals surface area contributed by atoms with E-state index in [1.54, 1.807) is 24.4 Å². The Morgan fingerprint density at radius 3 is 2.11 bits per heavy atom. The Kier molecular flexibility index (Phi) is 12.4. The number of hydrogen-bond acceptors (Lipinski definition) is 6. The molecule has 1 aliphatic rings. The van der Waals surface area contributed by atoms with E-state index in [1.807, 2.05) is 56.0 Å². The molecule has 9 heteroatoms. The molecule has 2 heterocycles. The monoisotopic (exact) mass is 733 g/mol. The predicted molar refractivity (Wildman–Crippen MR) is 208 cm³/mol.